The average molecular weight is 780 g/mol. The van der Waals surface area contributed by atoms with E-state index in [1.807, 2.05) is 91.0 Å². The fraction of sp³-hybridized carbons (Fsp3) is 0.217. The van der Waals surface area contributed by atoms with Crippen molar-refractivity contribution in [2.45, 2.75) is 56.3 Å². The van der Waals surface area contributed by atoms with Crippen molar-refractivity contribution in [3.05, 3.63) is 167 Å². The Morgan fingerprint density at radius 2 is 1.00 bits per heavy atom. The fourth-order valence-corrected chi connectivity index (χ4v) is 6.75. The van der Waals surface area contributed by atoms with Gasteiger partial charge in [0.15, 0.2) is 6.04 Å². The number of nitrogens with one attached hydrogen (secondary N) is 5. The van der Waals surface area contributed by atoms with E-state index in [0.29, 0.717) is 17.5 Å². The standard InChI is InChI=1S/C46H45N5O7/c52-40-26-27-47-42(53)36-23-21-35(22-24-36)41(46(57)58)51-45(56)39(28-31-12-6-2-7-13-31)50-44(55)38(29-32-16-19-34(20-17-32)33-14-8-3-9-15-33)49-43(54)37(48-40)25-18-30-10-4-1-5-11-30/h1-17,19-24,37-39,41H,18,25-29H2,(H,47,53)(H,48,52)(H,49,54)(H,50,55)(H,51,56)(H,57,58)/t37-,38-,39-,41?/m1/s1. The van der Waals surface area contributed by atoms with Crippen LogP contribution >= 0.6 is 0 Å². The zero-order valence-corrected chi connectivity index (χ0v) is 31.7. The molecule has 1 unspecified atom stereocenters. The third-order valence-electron chi connectivity index (χ3n) is 9.94. The van der Waals surface area contributed by atoms with Crippen LogP contribution in [0.5, 0.6) is 0 Å². The molecule has 12 nitrogen and oxygen atoms in total. The molecule has 58 heavy (non-hydrogen) atoms. The number of rotatable bonds is 9. The van der Waals surface area contributed by atoms with Gasteiger partial charge in [-0.1, -0.05) is 127 Å². The molecule has 2 aliphatic heterocycles. The molecule has 5 aromatic carbocycles. The van der Waals surface area contributed by atoms with Crippen molar-refractivity contribution in [3.8, 4) is 11.1 Å². The van der Waals surface area contributed by atoms with Gasteiger partial charge in [-0.25, -0.2) is 4.79 Å². The lowest BCUT2D eigenvalue weighted by atomic mass is 9.98. The van der Waals surface area contributed by atoms with Gasteiger partial charge >= 0.3 is 5.97 Å². The van der Waals surface area contributed by atoms with Crippen molar-refractivity contribution >= 4 is 35.5 Å². The number of benzene rings is 5. The first-order chi connectivity index (χ1) is 28.1. The van der Waals surface area contributed by atoms with Crippen molar-refractivity contribution in [2.24, 2.45) is 0 Å². The summed E-state index contributed by atoms with van der Waals surface area (Å²) in [6.45, 7) is -0.0416. The summed E-state index contributed by atoms with van der Waals surface area (Å²) in [4.78, 5) is 81.4. The molecule has 6 N–H and O–H groups in total. The van der Waals surface area contributed by atoms with Gasteiger partial charge in [-0.3, -0.25) is 24.0 Å². The van der Waals surface area contributed by atoms with Crippen LogP contribution in [0.15, 0.2) is 140 Å². The van der Waals surface area contributed by atoms with Crippen molar-refractivity contribution in [1.29, 1.82) is 0 Å². The molecule has 0 fully saturated rings. The van der Waals surface area contributed by atoms with E-state index in [9.17, 15) is 33.9 Å². The summed E-state index contributed by atoms with van der Waals surface area (Å²) in [5.41, 5.74) is 4.72. The Labute approximate surface area is 336 Å². The summed E-state index contributed by atoms with van der Waals surface area (Å²) < 4.78 is 0. The van der Waals surface area contributed by atoms with E-state index in [2.05, 4.69) is 26.6 Å². The lowest BCUT2D eigenvalue weighted by Gasteiger charge is -2.27. The number of aliphatic carboxylic acids is 1. The van der Waals surface area contributed by atoms with Crippen molar-refractivity contribution in [1.82, 2.24) is 26.6 Å². The predicted molar refractivity (Wildman–Crippen MR) is 218 cm³/mol. The number of hydrogen-bond acceptors (Lipinski definition) is 6. The van der Waals surface area contributed by atoms with Gasteiger partial charge in [0.05, 0.1) is 0 Å². The lowest BCUT2D eigenvalue weighted by Crippen LogP contribution is -2.58. The van der Waals surface area contributed by atoms with E-state index in [1.165, 1.54) is 24.3 Å². The smallest absolute Gasteiger partial charge is 0.330 e. The van der Waals surface area contributed by atoms with Crippen LogP contribution in [-0.2, 0) is 43.2 Å². The Morgan fingerprint density at radius 3 is 1.59 bits per heavy atom. The number of carbonyl (C=O) groups is 6. The first-order valence-electron chi connectivity index (χ1n) is 19.2. The minimum atomic E-state index is -1.52. The Bertz CT molecular complexity index is 2200. The van der Waals surface area contributed by atoms with Crippen LogP contribution < -0.4 is 26.6 Å². The van der Waals surface area contributed by atoms with Gasteiger partial charge in [-0.05, 0) is 58.4 Å². The summed E-state index contributed by atoms with van der Waals surface area (Å²) in [6.07, 6.45) is 0.544. The SMILES string of the molecule is O=C1CCNC(=O)c2ccc(cc2)C(C(=O)O)NC(=O)[C@@H](Cc2ccccc2)NC(=O)[C@@H](Cc2ccc(-c3ccccc3)cc2)NC(=O)[C@@H](CCc2ccccc2)N1. The minimum Gasteiger partial charge on any atom is -0.479 e. The number of aryl methyl sites for hydroxylation is 1. The van der Waals surface area contributed by atoms with Gasteiger partial charge in [0.1, 0.15) is 18.1 Å². The van der Waals surface area contributed by atoms with Gasteiger partial charge in [-0.2, -0.15) is 0 Å². The molecule has 0 saturated carbocycles. The zero-order valence-electron chi connectivity index (χ0n) is 31.7. The van der Waals surface area contributed by atoms with Crippen LogP contribution in [0.4, 0.5) is 0 Å². The zero-order chi connectivity index (χ0) is 40.9. The Balaban J connectivity index is 1.35. The topological polar surface area (TPSA) is 183 Å². The summed E-state index contributed by atoms with van der Waals surface area (Å²) in [5.74, 6) is -4.40. The third kappa shape index (κ3) is 11.3. The largest absolute Gasteiger partial charge is 0.479 e. The molecule has 2 heterocycles. The Kier molecular flexibility index (Phi) is 13.8. The maximum absolute atomic E-state index is 14.4. The average Bonchev–Trinajstić information content (AvgIpc) is 3.24. The molecule has 12 heteroatoms. The maximum Gasteiger partial charge on any atom is 0.330 e. The second-order valence-corrected chi connectivity index (χ2v) is 14.1. The van der Waals surface area contributed by atoms with Crippen LogP contribution in [-0.4, -0.2) is 65.3 Å². The van der Waals surface area contributed by atoms with E-state index in [-0.39, 0.29) is 43.4 Å². The highest BCUT2D eigenvalue weighted by Gasteiger charge is 2.32. The van der Waals surface area contributed by atoms with Crippen LogP contribution in [0.25, 0.3) is 11.1 Å². The summed E-state index contributed by atoms with van der Waals surface area (Å²) in [6, 6.07) is 36.4. The molecule has 5 amide bonds. The number of fused-ring (bicyclic) bond motifs is 17. The molecule has 296 valence electrons. The molecule has 2 bridgehead atoms. The number of hydrogen-bond donors (Lipinski definition) is 6. The molecule has 0 radical (unpaired) electrons. The minimum absolute atomic E-state index is 0.00601. The first kappa shape index (κ1) is 40.6. The number of amides is 5. The van der Waals surface area contributed by atoms with Crippen LogP contribution in [0.2, 0.25) is 0 Å². The Hall–Kier alpha value is -7.08. The van der Waals surface area contributed by atoms with E-state index < -0.39 is 59.7 Å². The first-order valence-corrected chi connectivity index (χ1v) is 19.2. The maximum atomic E-state index is 14.4. The fourth-order valence-electron chi connectivity index (χ4n) is 6.75. The lowest BCUT2D eigenvalue weighted by molar-refractivity contribution is -0.142. The summed E-state index contributed by atoms with van der Waals surface area (Å²) in [7, 11) is 0. The van der Waals surface area contributed by atoms with E-state index >= 15 is 0 Å². The molecule has 2 aliphatic rings. The molecular weight excluding hydrogens is 735 g/mol. The molecule has 5 aromatic rings. The number of carboxylic acid groups (broad SMARTS) is 1. The van der Waals surface area contributed by atoms with Gasteiger partial charge in [0.25, 0.3) is 5.91 Å². The number of carboxylic acids is 1. The predicted octanol–water partition coefficient (Wildman–Crippen LogP) is 4.30. The molecule has 7 rings (SSSR count). The van der Waals surface area contributed by atoms with Gasteiger partial charge in [-0.15, -0.1) is 0 Å². The highest BCUT2D eigenvalue weighted by atomic mass is 16.4. The van der Waals surface area contributed by atoms with Gasteiger partial charge in [0, 0.05) is 31.4 Å². The van der Waals surface area contributed by atoms with Gasteiger partial charge in [0.2, 0.25) is 23.6 Å². The quantitative estimate of drug-likeness (QED) is 0.121. The molecule has 4 atom stereocenters. The Morgan fingerprint density at radius 1 is 0.517 bits per heavy atom. The van der Waals surface area contributed by atoms with E-state index in [1.54, 1.807) is 24.3 Å². The monoisotopic (exact) mass is 779 g/mol. The van der Waals surface area contributed by atoms with Crippen LogP contribution in [0.1, 0.15) is 51.5 Å². The summed E-state index contributed by atoms with van der Waals surface area (Å²) >= 11 is 0. The number of carbonyl (C=O) groups excluding carboxylic acids is 5. The molecule has 0 aromatic heterocycles. The third-order valence-corrected chi connectivity index (χ3v) is 9.94. The van der Waals surface area contributed by atoms with Gasteiger partial charge < -0.3 is 31.7 Å². The molecular formula is C46H45N5O7. The highest BCUT2D eigenvalue weighted by Crippen LogP contribution is 2.21. The van der Waals surface area contributed by atoms with Crippen LogP contribution in [0, 0.1) is 0 Å². The van der Waals surface area contributed by atoms with E-state index in [0.717, 1.165) is 16.7 Å². The highest BCUT2D eigenvalue weighted by molar-refractivity contribution is 5.97. The second-order valence-electron chi connectivity index (χ2n) is 14.1. The second kappa shape index (κ2) is 19.7. The van der Waals surface area contributed by atoms with E-state index in [4.69, 9.17) is 0 Å². The van der Waals surface area contributed by atoms with Crippen molar-refractivity contribution in [2.75, 3.05) is 6.54 Å². The summed E-state index contributed by atoms with van der Waals surface area (Å²) in [5, 5.41) is 23.9. The molecule has 0 spiro atoms. The van der Waals surface area contributed by atoms with Crippen molar-refractivity contribution in [3.63, 3.8) is 0 Å². The normalized spacial score (nSPS) is 19.5. The van der Waals surface area contributed by atoms with Crippen molar-refractivity contribution < 1.29 is 33.9 Å². The van der Waals surface area contributed by atoms with Crippen LogP contribution in [0.3, 0.4) is 0 Å². The molecule has 0 saturated heterocycles. The molecule has 0 aliphatic carbocycles.